The molecule has 0 bridgehead atoms. The fourth-order valence-corrected chi connectivity index (χ4v) is 3.22. The molecule has 0 aromatic heterocycles. The topological polar surface area (TPSA) is 57.6 Å². The molecule has 1 N–H and O–H groups in total. The Bertz CT molecular complexity index is 315. The number of nitrogens with zero attached hydrogens (tertiary/aromatic N) is 1. The highest BCUT2D eigenvalue weighted by molar-refractivity contribution is 5.84. The third-order valence-electron chi connectivity index (χ3n) is 4.40. The van der Waals surface area contributed by atoms with Crippen molar-refractivity contribution in [1.29, 1.82) is 0 Å². The molecule has 1 aliphatic heterocycles. The first kappa shape index (κ1) is 12.4. The molecule has 1 heterocycles. The maximum absolute atomic E-state index is 12.4. The van der Waals surface area contributed by atoms with Crippen molar-refractivity contribution < 1.29 is 14.7 Å². The van der Waals surface area contributed by atoms with E-state index in [1.807, 2.05) is 4.90 Å². The number of carbonyl (C=O) groups excluding carboxylic acids is 1. The van der Waals surface area contributed by atoms with E-state index in [0.29, 0.717) is 13.1 Å². The lowest BCUT2D eigenvalue weighted by molar-refractivity contribution is -0.152. The molecule has 4 heteroatoms. The predicted octanol–water partition coefficient (Wildman–Crippen LogP) is 1.89. The van der Waals surface area contributed by atoms with Crippen LogP contribution in [0.2, 0.25) is 0 Å². The molecule has 0 aromatic rings. The Labute approximate surface area is 102 Å². The van der Waals surface area contributed by atoms with Crippen LogP contribution in [0, 0.1) is 11.3 Å². The highest BCUT2D eigenvalue weighted by Gasteiger charge is 2.45. The fraction of sp³-hybridized carbons (Fsp3) is 0.846. The van der Waals surface area contributed by atoms with Crippen molar-refractivity contribution in [2.75, 3.05) is 13.1 Å². The number of hydrogen-bond donors (Lipinski definition) is 1. The van der Waals surface area contributed by atoms with E-state index >= 15 is 0 Å². The maximum atomic E-state index is 12.4. The first-order chi connectivity index (χ1) is 8.07. The Morgan fingerprint density at radius 2 is 1.88 bits per heavy atom. The molecule has 17 heavy (non-hydrogen) atoms. The summed E-state index contributed by atoms with van der Waals surface area (Å²) in [7, 11) is 0. The number of carboxylic acids is 1. The van der Waals surface area contributed by atoms with E-state index in [9.17, 15) is 9.59 Å². The molecule has 2 fully saturated rings. The van der Waals surface area contributed by atoms with Crippen LogP contribution in [0.5, 0.6) is 0 Å². The van der Waals surface area contributed by atoms with Crippen LogP contribution in [0.15, 0.2) is 0 Å². The largest absolute Gasteiger partial charge is 0.481 e. The van der Waals surface area contributed by atoms with Crippen LogP contribution < -0.4 is 0 Å². The first-order valence-corrected chi connectivity index (χ1v) is 6.58. The van der Waals surface area contributed by atoms with E-state index in [2.05, 4.69) is 6.92 Å². The van der Waals surface area contributed by atoms with Crippen molar-refractivity contribution in [3.63, 3.8) is 0 Å². The van der Waals surface area contributed by atoms with Crippen LogP contribution in [0.3, 0.4) is 0 Å². The lowest BCUT2D eigenvalue weighted by atomic mass is 9.80. The second-order valence-electron chi connectivity index (χ2n) is 5.52. The molecule has 1 saturated carbocycles. The van der Waals surface area contributed by atoms with Crippen molar-refractivity contribution in [2.45, 2.75) is 45.4 Å². The number of carbonyl (C=O) groups is 2. The smallest absolute Gasteiger partial charge is 0.303 e. The number of aliphatic carboxylic acids is 1. The Hall–Kier alpha value is -1.06. The summed E-state index contributed by atoms with van der Waals surface area (Å²) >= 11 is 0. The van der Waals surface area contributed by atoms with Crippen LogP contribution in [-0.2, 0) is 9.59 Å². The van der Waals surface area contributed by atoms with E-state index in [-0.39, 0.29) is 23.7 Å². The molecule has 1 aliphatic carbocycles. The van der Waals surface area contributed by atoms with Crippen LogP contribution in [0.4, 0.5) is 0 Å². The van der Waals surface area contributed by atoms with Crippen LogP contribution in [-0.4, -0.2) is 35.0 Å². The molecular formula is C13H21NO3. The van der Waals surface area contributed by atoms with Gasteiger partial charge < -0.3 is 10.0 Å². The van der Waals surface area contributed by atoms with E-state index < -0.39 is 5.97 Å². The summed E-state index contributed by atoms with van der Waals surface area (Å²) in [6, 6.07) is 0. The summed E-state index contributed by atoms with van der Waals surface area (Å²) in [5.41, 5.74) is -0.117. The Balaban J connectivity index is 1.88. The van der Waals surface area contributed by atoms with Crippen molar-refractivity contribution in [3.8, 4) is 0 Å². The third-order valence-corrected chi connectivity index (χ3v) is 4.40. The SMILES string of the molecule is CCC1(C(=O)N2CC(CC(=O)O)C2)CCCC1. The predicted molar refractivity (Wildman–Crippen MR) is 63.5 cm³/mol. The lowest BCUT2D eigenvalue weighted by Gasteiger charge is -2.43. The highest BCUT2D eigenvalue weighted by Crippen LogP contribution is 2.43. The molecule has 0 spiro atoms. The molecule has 96 valence electrons. The van der Waals surface area contributed by atoms with Gasteiger partial charge in [0, 0.05) is 24.4 Å². The molecule has 0 aromatic carbocycles. The number of likely N-dealkylation sites (tertiary alicyclic amines) is 1. The quantitative estimate of drug-likeness (QED) is 0.815. The van der Waals surface area contributed by atoms with Crippen molar-refractivity contribution >= 4 is 11.9 Å². The molecule has 1 amide bonds. The number of amides is 1. The summed E-state index contributed by atoms with van der Waals surface area (Å²) in [5.74, 6) is -0.306. The third kappa shape index (κ3) is 2.31. The molecule has 0 radical (unpaired) electrons. The summed E-state index contributed by atoms with van der Waals surface area (Å²) < 4.78 is 0. The minimum Gasteiger partial charge on any atom is -0.481 e. The second-order valence-corrected chi connectivity index (χ2v) is 5.52. The van der Waals surface area contributed by atoms with Gasteiger partial charge in [-0.1, -0.05) is 19.8 Å². The average Bonchev–Trinajstić information content (AvgIpc) is 2.71. The normalized spacial score (nSPS) is 23.5. The summed E-state index contributed by atoms with van der Waals surface area (Å²) in [5, 5.41) is 8.68. The van der Waals surface area contributed by atoms with Gasteiger partial charge in [0.25, 0.3) is 0 Å². The Morgan fingerprint density at radius 1 is 1.29 bits per heavy atom. The lowest BCUT2D eigenvalue weighted by Crippen LogP contribution is -2.55. The first-order valence-electron chi connectivity index (χ1n) is 6.58. The van der Waals surface area contributed by atoms with Gasteiger partial charge in [0.2, 0.25) is 5.91 Å². The van der Waals surface area contributed by atoms with Crippen LogP contribution in [0.25, 0.3) is 0 Å². The average molecular weight is 239 g/mol. The van der Waals surface area contributed by atoms with Gasteiger partial charge in [-0.2, -0.15) is 0 Å². The molecule has 4 nitrogen and oxygen atoms in total. The molecule has 2 aliphatic rings. The van der Waals surface area contributed by atoms with Crippen LogP contribution in [0.1, 0.15) is 45.4 Å². The number of carboxylic acid groups (broad SMARTS) is 1. The van der Waals surface area contributed by atoms with Gasteiger partial charge >= 0.3 is 5.97 Å². The minimum absolute atomic E-state index is 0.117. The molecule has 0 unspecified atom stereocenters. The van der Waals surface area contributed by atoms with Crippen molar-refractivity contribution in [1.82, 2.24) is 4.90 Å². The van der Waals surface area contributed by atoms with Gasteiger partial charge in [-0.05, 0) is 19.3 Å². The monoisotopic (exact) mass is 239 g/mol. The standard InChI is InChI=1S/C13H21NO3/c1-2-13(5-3-4-6-13)12(17)14-8-10(9-14)7-11(15)16/h10H,2-9H2,1H3,(H,15,16). The van der Waals surface area contributed by atoms with Gasteiger partial charge in [0.05, 0.1) is 6.42 Å². The van der Waals surface area contributed by atoms with E-state index in [1.165, 1.54) is 0 Å². The summed E-state index contributed by atoms with van der Waals surface area (Å²) in [6.07, 6.45) is 5.47. The minimum atomic E-state index is -0.756. The maximum Gasteiger partial charge on any atom is 0.303 e. The summed E-state index contributed by atoms with van der Waals surface area (Å²) in [6.45, 7) is 3.39. The van der Waals surface area contributed by atoms with Gasteiger partial charge in [-0.25, -0.2) is 0 Å². The fourth-order valence-electron chi connectivity index (χ4n) is 3.22. The Kier molecular flexibility index (Phi) is 3.40. The molecule has 2 rings (SSSR count). The van der Waals surface area contributed by atoms with E-state index in [0.717, 1.165) is 32.1 Å². The number of hydrogen-bond acceptors (Lipinski definition) is 2. The Morgan fingerprint density at radius 3 is 2.35 bits per heavy atom. The van der Waals surface area contributed by atoms with Gasteiger partial charge in [0.1, 0.15) is 0 Å². The van der Waals surface area contributed by atoms with Crippen LogP contribution >= 0.6 is 0 Å². The molecular weight excluding hydrogens is 218 g/mol. The van der Waals surface area contributed by atoms with Gasteiger partial charge in [-0.3, -0.25) is 9.59 Å². The van der Waals surface area contributed by atoms with Crippen molar-refractivity contribution in [3.05, 3.63) is 0 Å². The zero-order valence-corrected chi connectivity index (χ0v) is 10.4. The van der Waals surface area contributed by atoms with Gasteiger partial charge in [0.15, 0.2) is 0 Å². The zero-order chi connectivity index (χ0) is 12.5. The summed E-state index contributed by atoms with van der Waals surface area (Å²) in [4.78, 5) is 24.8. The second kappa shape index (κ2) is 4.67. The van der Waals surface area contributed by atoms with Gasteiger partial charge in [-0.15, -0.1) is 0 Å². The number of rotatable bonds is 4. The van der Waals surface area contributed by atoms with E-state index in [4.69, 9.17) is 5.11 Å². The van der Waals surface area contributed by atoms with Crippen molar-refractivity contribution in [2.24, 2.45) is 11.3 Å². The zero-order valence-electron chi connectivity index (χ0n) is 10.4. The van der Waals surface area contributed by atoms with E-state index in [1.54, 1.807) is 0 Å². The highest BCUT2D eigenvalue weighted by atomic mass is 16.4. The molecule has 0 atom stereocenters. The molecule has 1 saturated heterocycles.